The summed E-state index contributed by atoms with van der Waals surface area (Å²) in [5.74, 6) is 0.221. The van der Waals surface area contributed by atoms with E-state index in [0.29, 0.717) is 18.1 Å². The molecule has 0 unspecified atom stereocenters. The van der Waals surface area contributed by atoms with E-state index < -0.39 is 5.97 Å². The predicted molar refractivity (Wildman–Crippen MR) is 70.0 cm³/mol. The molecule has 1 rings (SSSR count). The van der Waals surface area contributed by atoms with Gasteiger partial charge in [-0.05, 0) is 30.2 Å². The summed E-state index contributed by atoms with van der Waals surface area (Å²) in [6.45, 7) is 4.15. The van der Waals surface area contributed by atoms with E-state index in [-0.39, 0.29) is 0 Å². The average Bonchev–Trinajstić information content (AvgIpc) is 2.37. The maximum atomic E-state index is 10.4. The van der Waals surface area contributed by atoms with Crippen LogP contribution in [0.2, 0.25) is 0 Å². The molecule has 0 aliphatic heterocycles. The van der Waals surface area contributed by atoms with Gasteiger partial charge >= 0.3 is 5.97 Å². The van der Waals surface area contributed by atoms with Crippen molar-refractivity contribution < 1.29 is 19.4 Å². The van der Waals surface area contributed by atoms with E-state index in [1.54, 1.807) is 31.4 Å². The van der Waals surface area contributed by atoms with Crippen molar-refractivity contribution in [3.8, 4) is 11.5 Å². The van der Waals surface area contributed by atoms with Gasteiger partial charge in [-0.15, -0.1) is 6.58 Å². The summed E-state index contributed by atoms with van der Waals surface area (Å²) in [6, 6.07) is 5.25. The van der Waals surface area contributed by atoms with Crippen molar-refractivity contribution in [1.29, 1.82) is 0 Å². The van der Waals surface area contributed by atoms with E-state index in [1.807, 2.05) is 0 Å². The number of hydrogen-bond donors (Lipinski definition) is 1. The topological polar surface area (TPSA) is 55.8 Å². The molecule has 0 saturated carbocycles. The molecule has 0 fully saturated rings. The molecule has 0 saturated heterocycles. The second-order valence-electron chi connectivity index (χ2n) is 3.51. The summed E-state index contributed by atoms with van der Waals surface area (Å²) in [4.78, 5) is 10.4. The van der Waals surface area contributed by atoms with Crippen molar-refractivity contribution >= 4 is 12.0 Å². The normalized spacial score (nSPS) is 10.3. The van der Waals surface area contributed by atoms with Gasteiger partial charge in [0.05, 0.1) is 13.7 Å². The SMILES string of the molecule is C=CCCOc1ccc(/C=C/C(=O)O)cc1OC. The molecular weight excluding hydrogens is 232 g/mol. The largest absolute Gasteiger partial charge is 0.493 e. The smallest absolute Gasteiger partial charge is 0.328 e. The fourth-order valence-electron chi connectivity index (χ4n) is 1.33. The second-order valence-corrected chi connectivity index (χ2v) is 3.51. The molecule has 0 bridgehead atoms. The third-order valence-electron chi connectivity index (χ3n) is 2.19. The van der Waals surface area contributed by atoms with Crippen LogP contribution in [0.3, 0.4) is 0 Å². The van der Waals surface area contributed by atoms with Crippen molar-refractivity contribution in [3.05, 3.63) is 42.5 Å². The molecule has 0 aliphatic rings. The number of carbonyl (C=O) groups is 1. The van der Waals surface area contributed by atoms with Crippen LogP contribution in [0.4, 0.5) is 0 Å². The van der Waals surface area contributed by atoms with Gasteiger partial charge in [0.25, 0.3) is 0 Å². The van der Waals surface area contributed by atoms with Crippen molar-refractivity contribution in [2.75, 3.05) is 13.7 Å². The van der Waals surface area contributed by atoms with Crippen molar-refractivity contribution in [2.24, 2.45) is 0 Å². The molecule has 0 atom stereocenters. The lowest BCUT2D eigenvalue weighted by atomic mass is 10.2. The molecule has 0 aromatic heterocycles. The Morgan fingerprint density at radius 2 is 2.22 bits per heavy atom. The number of rotatable bonds is 7. The van der Waals surface area contributed by atoms with Crippen LogP contribution in [0.5, 0.6) is 11.5 Å². The minimum absolute atomic E-state index is 0.532. The Kier molecular flexibility index (Phi) is 5.51. The highest BCUT2D eigenvalue weighted by atomic mass is 16.5. The zero-order valence-corrected chi connectivity index (χ0v) is 10.3. The van der Waals surface area contributed by atoms with Crippen LogP contribution in [0.1, 0.15) is 12.0 Å². The number of carboxylic acid groups (broad SMARTS) is 1. The van der Waals surface area contributed by atoms with Crippen molar-refractivity contribution in [1.82, 2.24) is 0 Å². The first kappa shape index (κ1) is 13.8. The molecule has 0 aliphatic carbocycles. The minimum Gasteiger partial charge on any atom is -0.493 e. The number of benzene rings is 1. The molecule has 1 N–H and O–H groups in total. The van der Waals surface area contributed by atoms with Crippen LogP contribution in [0, 0.1) is 0 Å². The lowest BCUT2D eigenvalue weighted by molar-refractivity contribution is -0.131. The van der Waals surface area contributed by atoms with E-state index in [9.17, 15) is 4.79 Å². The number of ether oxygens (including phenoxy) is 2. The standard InChI is InChI=1S/C14H16O4/c1-3-4-9-18-12-7-5-11(6-8-14(15)16)10-13(12)17-2/h3,5-8,10H,1,4,9H2,2H3,(H,15,16)/b8-6+. The van der Waals surface area contributed by atoms with E-state index in [0.717, 1.165) is 18.1 Å². The molecule has 1 aromatic carbocycles. The molecular formula is C14H16O4. The number of carboxylic acids is 1. The van der Waals surface area contributed by atoms with Gasteiger partial charge in [-0.1, -0.05) is 12.1 Å². The van der Waals surface area contributed by atoms with Gasteiger partial charge < -0.3 is 14.6 Å². The third kappa shape index (κ3) is 4.33. The Morgan fingerprint density at radius 1 is 1.44 bits per heavy atom. The van der Waals surface area contributed by atoms with Gasteiger partial charge in [0.2, 0.25) is 0 Å². The first-order valence-corrected chi connectivity index (χ1v) is 5.50. The van der Waals surface area contributed by atoms with Gasteiger partial charge in [0.1, 0.15) is 0 Å². The summed E-state index contributed by atoms with van der Waals surface area (Å²) in [7, 11) is 1.54. The number of aliphatic carboxylic acids is 1. The Balaban J connectivity index is 2.82. The molecule has 0 spiro atoms. The quantitative estimate of drug-likeness (QED) is 0.458. The highest BCUT2D eigenvalue weighted by molar-refractivity contribution is 5.85. The molecule has 4 nitrogen and oxygen atoms in total. The fourth-order valence-corrected chi connectivity index (χ4v) is 1.33. The van der Waals surface area contributed by atoms with E-state index >= 15 is 0 Å². The Hall–Kier alpha value is -2.23. The third-order valence-corrected chi connectivity index (χ3v) is 2.19. The maximum Gasteiger partial charge on any atom is 0.328 e. The van der Waals surface area contributed by atoms with Gasteiger partial charge in [-0.25, -0.2) is 4.79 Å². The number of methoxy groups -OCH3 is 1. The lowest BCUT2D eigenvalue weighted by Gasteiger charge is -2.10. The van der Waals surface area contributed by atoms with Crippen LogP contribution < -0.4 is 9.47 Å². The zero-order chi connectivity index (χ0) is 13.4. The second kappa shape index (κ2) is 7.17. The summed E-state index contributed by atoms with van der Waals surface area (Å²) >= 11 is 0. The average molecular weight is 248 g/mol. The first-order valence-electron chi connectivity index (χ1n) is 5.50. The van der Waals surface area contributed by atoms with E-state index in [1.165, 1.54) is 6.08 Å². The van der Waals surface area contributed by atoms with Crippen molar-refractivity contribution in [3.63, 3.8) is 0 Å². The summed E-state index contributed by atoms with van der Waals surface area (Å²) in [5.41, 5.74) is 0.741. The maximum absolute atomic E-state index is 10.4. The van der Waals surface area contributed by atoms with E-state index in [2.05, 4.69) is 6.58 Å². The summed E-state index contributed by atoms with van der Waals surface area (Å²) < 4.78 is 10.7. The van der Waals surface area contributed by atoms with Crippen LogP contribution in [0.15, 0.2) is 36.9 Å². The molecule has 96 valence electrons. The minimum atomic E-state index is -0.986. The fraction of sp³-hybridized carbons (Fsp3) is 0.214. The van der Waals surface area contributed by atoms with Gasteiger partial charge in [0.15, 0.2) is 11.5 Å². The highest BCUT2D eigenvalue weighted by Gasteiger charge is 2.04. The molecule has 0 radical (unpaired) electrons. The molecule has 18 heavy (non-hydrogen) atoms. The van der Waals surface area contributed by atoms with E-state index in [4.69, 9.17) is 14.6 Å². The zero-order valence-electron chi connectivity index (χ0n) is 10.3. The highest BCUT2D eigenvalue weighted by Crippen LogP contribution is 2.28. The first-order chi connectivity index (χ1) is 8.67. The van der Waals surface area contributed by atoms with Crippen LogP contribution >= 0.6 is 0 Å². The van der Waals surface area contributed by atoms with Gasteiger partial charge in [-0.3, -0.25) is 0 Å². The van der Waals surface area contributed by atoms with Crippen molar-refractivity contribution in [2.45, 2.75) is 6.42 Å². The molecule has 0 heterocycles. The summed E-state index contributed by atoms with van der Waals surface area (Å²) in [6.07, 6.45) is 5.10. The predicted octanol–water partition coefficient (Wildman–Crippen LogP) is 2.75. The van der Waals surface area contributed by atoms with Gasteiger partial charge in [-0.2, -0.15) is 0 Å². The van der Waals surface area contributed by atoms with Crippen LogP contribution in [-0.4, -0.2) is 24.8 Å². The Bertz CT molecular complexity index is 449. The lowest BCUT2D eigenvalue weighted by Crippen LogP contribution is -1.98. The molecule has 0 amide bonds. The Labute approximate surface area is 106 Å². The van der Waals surface area contributed by atoms with Crippen LogP contribution in [-0.2, 0) is 4.79 Å². The van der Waals surface area contributed by atoms with Gasteiger partial charge in [0, 0.05) is 6.08 Å². The molecule has 4 heteroatoms. The monoisotopic (exact) mass is 248 g/mol. The Morgan fingerprint density at radius 3 is 2.83 bits per heavy atom. The van der Waals surface area contributed by atoms with Crippen LogP contribution in [0.25, 0.3) is 6.08 Å². The summed E-state index contributed by atoms with van der Waals surface area (Å²) in [5, 5.41) is 8.55. The molecule has 1 aromatic rings. The number of hydrogen-bond acceptors (Lipinski definition) is 3.